The number of carbonyl (C=O) groups excluding carboxylic acids is 2. The standard InChI is InChI=1S/C20H24BrN7O2.C15H16BrN7.C14H22BrN5O2.C10H18BNO2S.C6H6BrN.C4H5NS.C3H7O.Li/c1-20(2,3)30-19(29)28-8-6-13(7-9-28)25-17-16(21)12-24-18(27-17)26-15-5-4-14(10-22)23-11-15;16-13-9-20-15(22-12-2-1-11(7-17)19-8-12)23-14(13)21-10-3-5-18-6-4-10;1-14(2,3)22-13(21)20-6-4-9(5-7-20)18-11-10(15)8-17-12(16)19-11;1-7(2)13-11(14-8(3)4)10-12-9(5)6-15-10;1-5-2-3-6(7)4-8-5;1-4-2-6-3-5-4;1-3(2)4;/h4-5,11-13H,6-9H2,1-3H3,(H2,24,25,26,27);1-2,8-10,18H,3-6H2,(H2,20,21,22,23);8-9H,4-7H2,1-3H3,(H3,16,17,18,19);6-8H,1-5H3;2-4H,1H3;2-3H,1H3;3H,1-2H3;/q;;;;;;-1;+1. The monoisotopic (exact) mass is 1780 g/mol. The molecule has 11 heterocycles. The Morgan fingerprint density at radius 3 is 1.34 bits per heavy atom. The molecule has 3 aliphatic rings. The van der Waals surface area contributed by atoms with Crippen molar-refractivity contribution in [3.05, 3.63) is 136 Å². The van der Waals surface area contributed by atoms with Crippen LogP contribution in [0.2, 0.25) is 0 Å². The van der Waals surface area contributed by atoms with Crippen molar-refractivity contribution in [2.45, 2.75) is 190 Å². The average molecular weight is 1790 g/mol. The van der Waals surface area contributed by atoms with Gasteiger partial charge in [0.2, 0.25) is 17.8 Å². The van der Waals surface area contributed by atoms with Crippen molar-refractivity contribution in [1.29, 1.82) is 10.5 Å². The van der Waals surface area contributed by atoms with Gasteiger partial charge in [0.05, 0.1) is 42.7 Å². The molecule has 8 aromatic heterocycles. The Balaban J connectivity index is 0.000000288. The van der Waals surface area contributed by atoms with Crippen molar-refractivity contribution in [2.75, 3.05) is 71.6 Å². The quantitative estimate of drug-likeness (QED) is 0.0469. The normalized spacial score (nSPS) is 13.6. The van der Waals surface area contributed by atoms with E-state index in [1.54, 1.807) is 108 Å². The number of nitrogens with two attached hydrogens (primary N) is 1. The fraction of sp³-hybridized carbons (Fsp3) is 0.486. The molecule has 3 fully saturated rings. The number of anilines is 8. The van der Waals surface area contributed by atoms with E-state index in [0.717, 1.165) is 103 Å². The number of piperidine rings is 3. The first-order chi connectivity index (χ1) is 51.1. The minimum atomic E-state index is -0.494. The van der Waals surface area contributed by atoms with E-state index in [1.165, 1.54) is 0 Å². The number of thiazole rings is 2. The van der Waals surface area contributed by atoms with Gasteiger partial charge in [-0.3, -0.25) is 15.0 Å². The Kier molecular flexibility index (Phi) is 41.8. The van der Waals surface area contributed by atoms with Crippen molar-refractivity contribution in [3.63, 3.8) is 0 Å². The maximum Gasteiger partial charge on any atom is 1.00 e. The number of hydrogen-bond donors (Lipinski definition) is 7. The molecule has 109 heavy (non-hydrogen) atoms. The Labute approximate surface area is 694 Å². The number of ether oxygens (including phenoxy) is 2. The number of aryl methyl sites for hydroxylation is 3. The number of nitriles is 2. The van der Waals surface area contributed by atoms with Crippen LogP contribution in [0, 0.1) is 43.4 Å². The zero-order valence-electron chi connectivity index (χ0n) is 64.7. The number of carbonyl (C=O) groups is 2. The molecule has 0 aliphatic carbocycles. The maximum absolute atomic E-state index is 12.2. The third-order valence-electron chi connectivity index (χ3n) is 14.2. The number of nitrogens with zero attached hydrogens (tertiary/aromatic N) is 15. The first-order valence-electron chi connectivity index (χ1n) is 35.0. The summed E-state index contributed by atoms with van der Waals surface area (Å²) in [7, 11) is -0.330. The Hall–Kier alpha value is -7.31. The predicted octanol–water partition coefficient (Wildman–Crippen LogP) is 11.5. The molecule has 3 saturated heterocycles. The van der Waals surface area contributed by atoms with E-state index >= 15 is 0 Å². The molecule has 2 amide bonds. The van der Waals surface area contributed by atoms with Gasteiger partial charge in [-0.05, 0) is 242 Å². The van der Waals surface area contributed by atoms with Gasteiger partial charge in [0.15, 0.2) is 0 Å². The van der Waals surface area contributed by atoms with Crippen molar-refractivity contribution >= 4 is 157 Å². The number of rotatable bonds is 15. The zero-order chi connectivity index (χ0) is 79.5. The molecular weight excluding hydrogens is 1690 g/mol. The van der Waals surface area contributed by atoms with E-state index in [2.05, 4.69) is 150 Å². The van der Waals surface area contributed by atoms with Crippen molar-refractivity contribution in [2.24, 2.45) is 0 Å². The summed E-state index contributed by atoms with van der Waals surface area (Å²) in [6, 6.07) is 15.5. The number of aromatic nitrogens is 11. The number of halogens is 4. The van der Waals surface area contributed by atoms with Gasteiger partial charge in [-0.25, -0.2) is 34.5 Å². The van der Waals surface area contributed by atoms with Crippen LogP contribution in [0.5, 0.6) is 0 Å². The topological polar surface area (TPSA) is 388 Å². The van der Waals surface area contributed by atoms with Gasteiger partial charge in [0, 0.05) is 114 Å². The molecule has 0 radical (unpaired) electrons. The summed E-state index contributed by atoms with van der Waals surface area (Å²) in [5, 5.41) is 50.9. The number of hydrogen-bond acceptors (Lipinski definition) is 29. The molecule has 11 rings (SSSR count). The molecule has 0 atom stereocenters. The first-order valence-corrected chi connectivity index (χ1v) is 40.0. The second-order valence-electron chi connectivity index (χ2n) is 27.3. The minimum Gasteiger partial charge on any atom is -0.852 e. The van der Waals surface area contributed by atoms with E-state index in [4.69, 9.17) is 35.0 Å². The number of nitrogen functional groups attached to an aromatic ring is 1. The molecule has 0 spiro atoms. The second-order valence-corrected chi connectivity index (χ2v) is 32.4. The zero-order valence-corrected chi connectivity index (χ0v) is 72.6. The molecule has 3 aliphatic heterocycles. The number of pyridine rings is 3. The molecular formula is C72H98BBr4LiN22O7S2. The van der Waals surface area contributed by atoms with Gasteiger partial charge in [0.25, 0.3) is 0 Å². The summed E-state index contributed by atoms with van der Waals surface area (Å²) in [4.78, 5) is 74.7. The van der Waals surface area contributed by atoms with E-state index in [9.17, 15) is 14.7 Å². The van der Waals surface area contributed by atoms with Crippen LogP contribution in [0.25, 0.3) is 0 Å². The molecule has 29 nitrogen and oxygen atoms in total. The van der Waals surface area contributed by atoms with Crippen LogP contribution in [0.15, 0.2) is 108 Å². The molecule has 0 bridgehead atoms. The molecule has 37 heteroatoms. The number of amides is 2. The van der Waals surface area contributed by atoms with Crippen LogP contribution < -0.4 is 66.5 Å². The van der Waals surface area contributed by atoms with Crippen LogP contribution in [-0.2, 0) is 18.8 Å². The fourth-order valence-corrected chi connectivity index (χ4v) is 11.8. The summed E-state index contributed by atoms with van der Waals surface area (Å²) in [6.07, 6.45) is 14.7. The van der Waals surface area contributed by atoms with Crippen molar-refractivity contribution in [3.8, 4) is 12.1 Å². The largest absolute Gasteiger partial charge is 1.00 e. The van der Waals surface area contributed by atoms with Crippen LogP contribution in [0.1, 0.15) is 150 Å². The van der Waals surface area contributed by atoms with Crippen LogP contribution in [-0.4, -0.2) is 171 Å². The average Bonchev–Trinajstić information content (AvgIpc) is 1.52. The van der Waals surface area contributed by atoms with Crippen LogP contribution in [0.4, 0.5) is 56.3 Å². The molecule has 0 unspecified atom stereocenters. The Morgan fingerprint density at radius 1 is 0.578 bits per heavy atom. The van der Waals surface area contributed by atoms with Crippen LogP contribution in [0.3, 0.4) is 0 Å². The minimum absolute atomic E-state index is 0. The smallest absolute Gasteiger partial charge is 0.852 e. The fourth-order valence-electron chi connectivity index (χ4n) is 9.32. The second kappa shape index (κ2) is 48.5. The summed E-state index contributed by atoms with van der Waals surface area (Å²) >= 11 is 16.9. The Morgan fingerprint density at radius 2 is 1.01 bits per heavy atom. The summed E-state index contributed by atoms with van der Waals surface area (Å²) < 4.78 is 25.6. The predicted molar refractivity (Wildman–Crippen MR) is 440 cm³/mol. The molecule has 8 N–H and O–H groups in total. The summed E-state index contributed by atoms with van der Waals surface area (Å²) in [5.74, 6) is 3.26. The Bertz CT molecular complexity index is 4030. The van der Waals surface area contributed by atoms with Gasteiger partial charge in [-0.1, -0.05) is 13.8 Å². The van der Waals surface area contributed by atoms with Gasteiger partial charge in [0.1, 0.15) is 57.1 Å². The van der Waals surface area contributed by atoms with Gasteiger partial charge < -0.3 is 71.3 Å². The van der Waals surface area contributed by atoms with Gasteiger partial charge in [-0.2, -0.15) is 25.5 Å². The van der Waals surface area contributed by atoms with E-state index in [-0.39, 0.29) is 68.4 Å². The molecule has 0 saturated carbocycles. The SMILES string of the molecule is CC(C)(C)OC(=O)N1CCC(Nc2nc(N)ncc2Br)CC1.CC(C)(C)OC(=O)N1CCC(Nc2nc(Nc3ccc(C#N)nc3)ncc2Br)CC1.CC(C)[O-].Cc1ccc(Br)cn1.Cc1csc(B(OC(C)C)OC(C)C)n1.Cc1cscn1.N#Cc1ccc(Nc2ncc(Br)c(NC3CCNCC3)n2)cn1.[Li+]. The number of likely N-dealkylation sites (tertiary alicyclic amines) is 2. The molecule has 0 aromatic carbocycles. The summed E-state index contributed by atoms with van der Waals surface area (Å²) in [5.41, 5.74) is 11.8. The van der Waals surface area contributed by atoms with Crippen molar-refractivity contribution in [1.82, 2.24) is 69.9 Å². The first kappa shape index (κ1) is 94.1. The number of nitrogens with one attached hydrogen (secondary N) is 6. The molecule has 582 valence electrons. The van der Waals surface area contributed by atoms with Gasteiger partial charge >= 0.3 is 38.2 Å². The third kappa shape index (κ3) is 38.5. The van der Waals surface area contributed by atoms with Crippen LogP contribution >= 0.6 is 86.4 Å². The van der Waals surface area contributed by atoms with Gasteiger partial charge in [-0.15, -0.1) is 28.8 Å². The third-order valence-corrected chi connectivity index (χ3v) is 18.1. The molecule has 8 aromatic rings. The van der Waals surface area contributed by atoms with E-state index < -0.39 is 17.3 Å². The maximum atomic E-state index is 12.2. The summed E-state index contributed by atoms with van der Waals surface area (Å²) in [6.45, 7) is 32.9. The van der Waals surface area contributed by atoms with E-state index in [0.29, 0.717) is 72.8 Å². The van der Waals surface area contributed by atoms with Crippen molar-refractivity contribution < 1.29 is 52.3 Å². The van der Waals surface area contributed by atoms with E-state index in [1.807, 2.05) is 131 Å².